The third-order valence-corrected chi connectivity index (χ3v) is 4.21. The normalized spacial score (nSPS) is 18.2. The Morgan fingerprint density at radius 2 is 2.26 bits per heavy atom. The van der Waals surface area contributed by atoms with Gasteiger partial charge in [0.1, 0.15) is 0 Å². The molecule has 3 rings (SSSR count). The van der Waals surface area contributed by atoms with E-state index in [2.05, 4.69) is 31.1 Å². The Hall–Kier alpha value is -2.14. The zero-order valence-electron chi connectivity index (χ0n) is 14.0. The Morgan fingerprint density at radius 1 is 1.43 bits per heavy atom. The van der Waals surface area contributed by atoms with Gasteiger partial charge in [-0.05, 0) is 38.0 Å². The lowest BCUT2D eigenvalue weighted by molar-refractivity contribution is -0.0124. The highest BCUT2D eigenvalue weighted by Crippen LogP contribution is 2.19. The number of aryl methyl sites for hydroxylation is 1. The van der Waals surface area contributed by atoms with E-state index in [1.54, 1.807) is 6.20 Å². The highest BCUT2D eigenvalue weighted by molar-refractivity contribution is 5.95. The van der Waals surface area contributed by atoms with E-state index in [0.29, 0.717) is 25.3 Å². The topological polar surface area (TPSA) is 47.4 Å². The molecule has 0 bridgehead atoms. The Kier molecular flexibility index (Phi) is 4.48. The van der Waals surface area contributed by atoms with Crippen molar-refractivity contribution >= 4 is 5.91 Å². The summed E-state index contributed by atoms with van der Waals surface area (Å²) in [5.41, 5.74) is 3.83. The van der Waals surface area contributed by atoms with E-state index in [4.69, 9.17) is 4.74 Å². The summed E-state index contributed by atoms with van der Waals surface area (Å²) in [4.78, 5) is 14.7. The van der Waals surface area contributed by atoms with Crippen molar-refractivity contribution in [1.29, 1.82) is 0 Å². The van der Waals surface area contributed by atoms with Crippen LogP contribution in [0.1, 0.15) is 35.5 Å². The van der Waals surface area contributed by atoms with Gasteiger partial charge in [-0.1, -0.05) is 19.1 Å². The first-order chi connectivity index (χ1) is 11.1. The molecule has 0 radical (unpaired) electrons. The van der Waals surface area contributed by atoms with Gasteiger partial charge >= 0.3 is 0 Å². The summed E-state index contributed by atoms with van der Waals surface area (Å²) in [6.45, 7) is 7.98. The summed E-state index contributed by atoms with van der Waals surface area (Å²) in [6.07, 6.45) is 2.54. The summed E-state index contributed by atoms with van der Waals surface area (Å²) in [5.74, 6) is 0.0518. The number of benzene rings is 1. The number of morpholine rings is 1. The molecule has 1 saturated heterocycles. The Bertz CT molecular complexity index is 708. The summed E-state index contributed by atoms with van der Waals surface area (Å²) < 4.78 is 7.40. The fourth-order valence-corrected chi connectivity index (χ4v) is 3.05. The minimum atomic E-state index is 0.0518. The van der Waals surface area contributed by atoms with Crippen molar-refractivity contribution in [2.45, 2.75) is 33.3 Å². The molecular weight excluding hydrogens is 290 g/mol. The molecule has 0 unspecified atom stereocenters. The third kappa shape index (κ3) is 3.15. The van der Waals surface area contributed by atoms with Crippen molar-refractivity contribution < 1.29 is 9.53 Å². The minimum Gasteiger partial charge on any atom is -0.375 e. The molecular formula is C18H23N3O2. The SMILES string of the molecule is CCc1c(C(=O)N2CCO[C@@H](C)C2)cnn1-c1cccc(C)c1. The standard InChI is InChI=1S/C18H23N3O2/c1-4-17-16(18(22)20-8-9-23-14(3)12-20)11-19-21(17)15-7-5-6-13(2)10-15/h5-7,10-11,14H,4,8-9,12H2,1-3H3/t14-/m0/s1. The molecule has 122 valence electrons. The third-order valence-electron chi connectivity index (χ3n) is 4.21. The lowest BCUT2D eigenvalue weighted by Gasteiger charge is -2.31. The molecule has 23 heavy (non-hydrogen) atoms. The quantitative estimate of drug-likeness (QED) is 0.875. The highest BCUT2D eigenvalue weighted by atomic mass is 16.5. The number of rotatable bonds is 3. The number of hydrogen-bond acceptors (Lipinski definition) is 3. The second kappa shape index (κ2) is 6.54. The monoisotopic (exact) mass is 313 g/mol. The van der Waals surface area contributed by atoms with Gasteiger partial charge in [-0.15, -0.1) is 0 Å². The van der Waals surface area contributed by atoms with E-state index < -0.39 is 0 Å². The molecule has 2 heterocycles. The average molecular weight is 313 g/mol. The van der Waals surface area contributed by atoms with Crippen LogP contribution in [0.4, 0.5) is 0 Å². The Balaban J connectivity index is 1.93. The number of hydrogen-bond donors (Lipinski definition) is 0. The number of carbonyl (C=O) groups is 1. The predicted octanol–water partition coefficient (Wildman–Crippen LogP) is 2.60. The van der Waals surface area contributed by atoms with Crippen molar-refractivity contribution in [2.24, 2.45) is 0 Å². The van der Waals surface area contributed by atoms with E-state index in [-0.39, 0.29) is 12.0 Å². The number of nitrogens with zero attached hydrogens (tertiary/aromatic N) is 3. The molecule has 5 nitrogen and oxygen atoms in total. The Morgan fingerprint density at radius 3 is 2.96 bits per heavy atom. The zero-order valence-corrected chi connectivity index (χ0v) is 14.0. The lowest BCUT2D eigenvalue weighted by atomic mass is 10.1. The number of ether oxygens (including phenoxy) is 1. The maximum atomic E-state index is 12.9. The van der Waals surface area contributed by atoms with Gasteiger partial charge in [-0.3, -0.25) is 4.79 Å². The average Bonchev–Trinajstić information content (AvgIpc) is 2.98. The lowest BCUT2D eigenvalue weighted by Crippen LogP contribution is -2.44. The molecule has 1 aromatic carbocycles. The highest BCUT2D eigenvalue weighted by Gasteiger charge is 2.26. The molecule has 0 N–H and O–H groups in total. The fraction of sp³-hybridized carbons (Fsp3) is 0.444. The predicted molar refractivity (Wildman–Crippen MR) is 89.0 cm³/mol. The van der Waals surface area contributed by atoms with E-state index in [9.17, 15) is 4.79 Å². The Labute approximate surface area is 136 Å². The van der Waals surface area contributed by atoms with Gasteiger partial charge in [-0.2, -0.15) is 5.10 Å². The van der Waals surface area contributed by atoms with Crippen LogP contribution in [0, 0.1) is 6.92 Å². The van der Waals surface area contributed by atoms with Crippen LogP contribution in [0.3, 0.4) is 0 Å². The molecule has 1 aromatic heterocycles. The maximum Gasteiger partial charge on any atom is 0.257 e. The van der Waals surface area contributed by atoms with Crippen molar-refractivity contribution in [3.63, 3.8) is 0 Å². The first-order valence-corrected chi connectivity index (χ1v) is 8.15. The largest absolute Gasteiger partial charge is 0.375 e. The summed E-state index contributed by atoms with van der Waals surface area (Å²) in [6, 6.07) is 8.16. The fourth-order valence-electron chi connectivity index (χ4n) is 3.05. The summed E-state index contributed by atoms with van der Waals surface area (Å²) >= 11 is 0. The van der Waals surface area contributed by atoms with Crippen LogP contribution in [0.15, 0.2) is 30.5 Å². The van der Waals surface area contributed by atoms with Crippen LogP contribution < -0.4 is 0 Å². The van der Waals surface area contributed by atoms with Crippen LogP contribution in [-0.2, 0) is 11.2 Å². The van der Waals surface area contributed by atoms with Gasteiger partial charge < -0.3 is 9.64 Å². The van der Waals surface area contributed by atoms with Crippen LogP contribution >= 0.6 is 0 Å². The molecule has 1 aliphatic heterocycles. The molecule has 2 aromatic rings. The van der Waals surface area contributed by atoms with E-state index in [1.165, 1.54) is 5.56 Å². The van der Waals surface area contributed by atoms with Crippen molar-refractivity contribution in [2.75, 3.05) is 19.7 Å². The van der Waals surface area contributed by atoms with Gasteiger partial charge in [0, 0.05) is 13.1 Å². The minimum absolute atomic E-state index is 0.0518. The van der Waals surface area contributed by atoms with Gasteiger partial charge in [0.15, 0.2) is 0 Å². The maximum absolute atomic E-state index is 12.9. The van der Waals surface area contributed by atoms with E-state index >= 15 is 0 Å². The van der Waals surface area contributed by atoms with Gasteiger partial charge in [-0.25, -0.2) is 4.68 Å². The van der Waals surface area contributed by atoms with Gasteiger partial charge in [0.25, 0.3) is 5.91 Å². The molecule has 1 amide bonds. The smallest absolute Gasteiger partial charge is 0.257 e. The number of aromatic nitrogens is 2. The molecule has 1 fully saturated rings. The molecule has 0 aliphatic carbocycles. The van der Waals surface area contributed by atoms with Crippen LogP contribution in [0.5, 0.6) is 0 Å². The zero-order chi connectivity index (χ0) is 16.4. The van der Waals surface area contributed by atoms with Crippen molar-refractivity contribution in [1.82, 2.24) is 14.7 Å². The molecule has 1 aliphatic rings. The molecule has 5 heteroatoms. The van der Waals surface area contributed by atoms with E-state index in [0.717, 1.165) is 17.8 Å². The second-order valence-corrected chi connectivity index (χ2v) is 6.04. The molecule has 0 spiro atoms. The molecule has 0 saturated carbocycles. The van der Waals surface area contributed by atoms with Crippen LogP contribution in [0.25, 0.3) is 5.69 Å². The van der Waals surface area contributed by atoms with Crippen LogP contribution in [-0.4, -0.2) is 46.4 Å². The van der Waals surface area contributed by atoms with E-state index in [1.807, 2.05) is 28.6 Å². The number of amides is 1. The second-order valence-electron chi connectivity index (χ2n) is 6.04. The summed E-state index contributed by atoms with van der Waals surface area (Å²) in [5, 5.41) is 4.47. The number of carbonyl (C=O) groups excluding carboxylic acids is 1. The first kappa shape index (κ1) is 15.7. The van der Waals surface area contributed by atoms with Crippen molar-refractivity contribution in [3.05, 3.63) is 47.3 Å². The van der Waals surface area contributed by atoms with Gasteiger partial charge in [0.2, 0.25) is 0 Å². The van der Waals surface area contributed by atoms with Crippen LogP contribution in [0.2, 0.25) is 0 Å². The van der Waals surface area contributed by atoms with Crippen molar-refractivity contribution in [3.8, 4) is 5.69 Å². The summed E-state index contributed by atoms with van der Waals surface area (Å²) in [7, 11) is 0. The first-order valence-electron chi connectivity index (χ1n) is 8.15. The molecule has 1 atom stereocenters. The van der Waals surface area contributed by atoms with Gasteiger partial charge in [0.05, 0.1) is 35.9 Å².